The quantitative estimate of drug-likeness (QED) is 0.495. The number of amides is 3. The summed E-state index contributed by atoms with van der Waals surface area (Å²) in [6.45, 7) is 2.96. The van der Waals surface area contributed by atoms with Gasteiger partial charge in [0.25, 0.3) is 5.91 Å². The van der Waals surface area contributed by atoms with Crippen LogP contribution in [0.5, 0.6) is 0 Å². The van der Waals surface area contributed by atoms with Crippen molar-refractivity contribution in [3.8, 4) is 0 Å². The van der Waals surface area contributed by atoms with Gasteiger partial charge in [-0.05, 0) is 6.92 Å². The summed E-state index contributed by atoms with van der Waals surface area (Å²) in [5.41, 5.74) is -0.283. The fraction of sp³-hybridized carbons (Fsp3) is 0.550. The van der Waals surface area contributed by atoms with Crippen molar-refractivity contribution in [1.29, 1.82) is 0 Å². The maximum atomic E-state index is 14.9. The lowest BCUT2D eigenvalue weighted by Crippen LogP contribution is -2.47. The van der Waals surface area contributed by atoms with Crippen molar-refractivity contribution in [1.82, 2.24) is 15.3 Å². The van der Waals surface area contributed by atoms with Gasteiger partial charge >= 0.3 is 6.09 Å². The number of hydrazine groups is 1. The lowest BCUT2D eigenvalue weighted by atomic mass is 10.2. The number of hydrogen-bond acceptors (Lipinski definition) is 7. The second kappa shape index (κ2) is 11.0. The molecule has 3 amide bonds. The summed E-state index contributed by atoms with van der Waals surface area (Å²) in [5, 5.41) is 14.4. The molecule has 0 unspecified atom stereocenters. The number of likely N-dealkylation sites (N-methyl/N-ethyl adjacent to an activating group) is 1. The van der Waals surface area contributed by atoms with Gasteiger partial charge in [0.2, 0.25) is 5.91 Å². The van der Waals surface area contributed by atoms with Crippen molar-refractivity contribution >= 4 is 29.3 Å². The first-order chi connectivity index (χ1) is 15.1. The SMILES string of the molecule is CCN(CCN(C(=O)CO)N(C)C)c1c(F)cc(N2C[C@H](CNC(C)=O)OC2=O)cc1F. The molecule has 178 valence electrons. The molecule has 1 fully saturated rings. The summed E-state index contributed by atoms with van der Waals surface area (Å²) >= 11 is 0. The number of nitrogens with zero attached hydrogens (tertiary/aromatic N) is 4. The fourth-order valence-corrected chi connectivity index (χ4v) is 3.38. The number of carbonyl (C=O) groups is 3. The zero-order valence-corrected chi connectivity index (χ0v) is 18.6. The Morgan fingerprint density at radius 3 is 2.38 bits per heavy atom. The topological polar surface area (TPSA) is 106 Å². The maximum absolute atomic E-state index is 14.9. The number of rotatable bonds is 10. The van der Waals surface area contributed by atoms with E-state index < -0.39 is 36.3 Å². The van der Waals surface area contributed by atoms with Gasteiger partial charge in [-0.1, -0.05) is 0 Å². The van der Waals surface area contributed by atoms with Crippen LogP contribution >= 0.6 is 0 Å². The highest BCUT2D eigenvalue weighted by Gasteiger charge is 2.33. The van der Waals surface area contributed by atoms with Gasteiger partial charge in [0.05, 0.1) is 25.3 Å². The Labute approximate surface area is 185 Å². The minimum atomic E-state index is -0.871. The molecule has 0 saturated carbocycles. The van der Waals surface area contributed by atoms with Crippen molar-refractivity contribution in [3.63, 3.8) is 0 Å². The van der Waals surface area contributed by atoms with E-state index in [1.807, 2.05) is 0 Å². The molecule has 1 aromatic rings. The van der Waals surface area contributed by atoms with Gasteiger partial charge in [0, 0.05) is 46.2 Å². The van der Waals surface area contributed by atoms with E-state index in [1.54, 1.807) is 21.0 Å². The van der Waals surface area contributed by atoms with Crippen LogP contribution in [0.25, 0.3) is 0 Å². The molecule has 0 radical (unpaired) electrons. The molecule has 1 aliphatic heterocycles. The van der Waals surface area contributed by atoms with Gasteiger partial charge in [-0.15, -0.1) is 0 Å². The number of ether oxygens (including phenoxy) is 1. The number of cyclic esters (lactones) is 1. The zero-order valence-electron chi connectivity index (χ0n) is 18.6. The van der Waals surface area contributed by atoms with Gasteiger partial charge in [-0.25, -0.2) is 18.6 Å². The highest BCUT2D eigenvalue weighted by molar-refractivity contribution is 5.90. The van der Waals surface area contributed by atoms with Gasteiger partial charge < -0.3 is 20.1 Å². The highest BCUT2D eigenvalue weighted by Crippen LogP contribution is 2.31. The first kappa shape index (κ1) is 25.3. The van der Waals surface area contributed by atoms with E-state index in [0.29, 0.717) is 0 Å². The molecular weight excluding hydrogens is 428 g/mol. The summed E-state index contributed by atoms with van der Waals surface area (Å²) in [7, 11) is 3.24. The van der Waals surface area contributed by atoms with E-state index >= 15 is 0 Å². The Hall–Kier alpha value is -2.99. The van der Waals surface area contributed by atoms with Crippen molar-refractivity contribution in [2.45, 2.75) is 20.0 Å². The molecular formula is C20H29F2N5O5. The van der Waals surface area contributed by atoms with Crippen LogP contribution < -0.4 is 15.1 Å². The smallest absolute Gasteiger partial charge is 0.414 e. The normalized spacial score (nSPS) is 15.7. The number of nitrogens with one attached hydrogen (secondary N) is 1. The average molecular weight is 457 g/mol. The molecule has 32 heavy (non-hydrogen) atoms. The third kappa shape index (κ3) is 6.04. The predicted molar refractivity (Wildman–Crippen MR) is 113 cm³/mol. The first-order valence-corrected chi connectivity index (χ1v) is 10.1. The molecule has 0 bridgehead atoms. The van der Waals surface area contributed by atoms with E-state index in [4.69, 9.17) is 9.84 Å². The summed E-state index contributed by atoms with van der Waals surface area (Å²) in [4.78, 5) is 37.6. The van der Waals surface area contributed by atoms with E-state index in [2.05, 4.69) is 5.32 Å². The van der Waals surface area contributed by atoms with Crippen LogP contribution in [0.3, 0.4) is 0 Å². The van der Waals surface area contributed by atoms with Crippen LogP contribution in [-0.2, 0) is 14.3 Å². The van der Waals surface area contributed by atoms with Crippen LogP contribution in [0.15, 0.2) is 12.1 Å². The van der Waals surface area contributed by atoms with Crippen molar-refractivity contribution < 1.29 is 33.0 Å². The molecule has 1 aromatic carbocycles. The zero-order chi connectivity index (χ0) is 24.0. The molecule has 1 heterocycles. The monoisotopic (exact) mass is 457 g/mol. The summed E-state index contributed by atoms with van der Waals surface area (Å²) < 4.78 is 35.0. The summed E-state index contributed by atoms with van der Waals surface area (Å²) in [6.07, 6.45) is -1.39. The molecule has 0 aromatic heterocycles. The Morgan fingerprint density at radius 2 is 1.88 bits per heavy atom. The number of halogens is 2. The molecule has 2 rings (SSSR count). The lowest BCUT2D eigenvalue weighted by Gasteiger charge is -2.32. The molecule has 1 aliphatic rings. The maximum Gasteiger partial charge on any atom is 0.414 e. The summed E-state index contributed by atoms with van der Waals surface area (Å²) in [6, 6.07) is 2.09. The minimum Gasteiger partial charge on any atom is -0.442 e. The largest absolute Gasteiger partial charge is 0.442 e. The van der Waals surface area contributed by atoms with Gasteiger partial charge in [-0.2, -0.15) is 0 Å². The molecule has 12 heteroatoms. The van der Waals surface area contributed by atoms with Crippen LogP contribution in [0, 0.1) is 11.6 Å². The van der Waals surface area contributed by atoms with Gasteiger partial charge in [0.1, 0.15) is 18.4 Å². The predicted octanol–water partition coefficient (Wildman–Crippen LogP) is 0.550. The van der Waals surface area contributed by atoms with E-state index in [0.717, 1.165) is 17.0 Å². The molecule has 10 nitrogen and oxygen atoms in total. The fourth-order valence-electron chi connectivity index (χ4n) is 3.38. The van der Waals surface area contributed by atoms with Gasteiger partial charge in [0.15, 0.2) is 11.6 Å². The second-order valence-electron chi connectivity index (χ2n) is 7.41. The number of aliphatic hydroxyl groups is 1. The Balaban J connectivity index is 2.18. The molecule has 1 atom stereocenters. The first-order valence-electron chi connectivity index (χ1n) is 10.1. The van der Waals surface area contributed by atoms with Crippen molar-refractivity contribution in [3.05, 3.63) is 23.8 Å². The molecule has 0 aliphatic carbocycles. The van der Waals surface area contributed by atoms with Gasteiger partial charge in [-0.3, -0.25) is 19.5 Å². The number of anilines is 2. The van der Waals surface area contributed by atoms with Crippen LogP contribution in [-0.4, -0.2) is 92.6 Å². The number of hydrogen-bond donors (Lipinski definition) is 2. The number of benzene rings is 1. The van der Waals surface area contributed by atoms with E-state index in [9.17, 15) is 23.2 Å². The lowest BCUT2D eigenvalue weighted by molar-refractivity contribution is -0.147. The van der Waals surface area contributed by atoms with Crippen LogP contribution in [0.1, 0.15) is 13.8 Å². The number of carbonyl (C=O) groups excluding carboxylic acids is 3. The Kier molecular flexibility index (Phi) is 8.72. The standard InChI is InChI=1S/C20H29F2N5O5/c1-5-25(6-7-27(24(3)4)18(30)12-28)19-16(21)8-14(9-17(19)22)26-11-15(32-20(26)31)10-23-13(2)29/h8-9,15,28H,5-7,10-12H2,1-4H3,(H,23,29)/t15-/m0/s1. The van der Waals surface area contributed by atoms with E-state index in [-0.39, 0.29) is 50.0 Å². The van der Waals surface area contributed by atoms with Crippen LogP contribution in [0.2, 0.25) is 0 Å². The van der Waals surface area contributed by atoms with Crippen LogP contribution in [0.4, 0.5) is 25.0 Å². The Bertz CT molecular complexity index is 831. The second-order valence-corrected chi connectivity index (χ2v) is 7.41. The van der Waals surface area contributed by atoms with Crippen molar-refractivity contribution in [2.24, 2.45) is 0 Å². The van der Waals surface area contributed by atoms with E-state index in [1.165, 1.54) is 21.8 Å². The molecule has 1 saturated heterocycles. The third-order valence-corrected chi connectivity index (χ3v) is 4.95. The third-order valence-electron chi connectivity index (χ3n) is 4.95. The van der Waals surface area contributed by atoms with Crippen molar-refractivity contribution in [2.75, 3.05) is 63.2 Å². The molecule has 2 N–H and O–H groups in total. The summed E-state index contributed by atoms with van der Waals surface area (Å²) in [5.74, 6) is -2.56. The molecule has 0 spiro atoms. The number of aliphatic hydroxyl groups excluding tert-OH is 1. The highest BCUT2D eigenvalue weighted by atomic mass is 19.1. The Morgan fingerprint density at radius 1 is 1.25 bits per heavy atom. The average Bonchev–Trinajstić information content (AvgIpc) is 3.10. The minimum absolute atomic E-state index is 0.000467.